The molecule has 0 spiro atoms. The monoisotopic (exact) mass is 409 g/mol. The Bertz CT molecular complexity index is 740. The maximum Gasteiger partial charge on any atom is 0.256 e. The molecule has 0 radical (unpaired) electrons. The number of benzene rings is 1. The van der Waals surface area contributed by atoms with Gasteiger partial charge in [-0.25, -0.2) is 9.37 Å². The summed E-state index contributed by atoms with van der Waals surface area (Å²) in [5, 5.41) is 2.94. The third-order valence-electron chi connectivity index (χ3n) is 3.50. The van der Waals surface area contributed by atoms with Crippen LogP contribution in [0.25, 0.3) is 0 Å². The number of amides is 1. The van der Waals surface area contributed by atoms with E-state index in [1.165, 1.54) is 18.2 Å². The van der Waals surface area contributed by atoms with Crippen molar-refractivity contribution >= 4 is 21.8 Å². The molecular formula is C18H21BrFN3O2. The van der Waals surface area contributed by atoms with E-state index in [0.717, 1.165) is 13.0 Å². The first kappa shape index (κ1) is 19.3. The second-order valence-electron chi connectivity index (χ2n) is 6.00. The lowest BCUT2D eigenvalue weighted by Crippen LogP contribution is -2.35. The van der Waals surface area contributed by atoms with Gasteiger partial charge in [-0.05, 0) is 80.2 Å². The van der Waals surface area contributed by atoms with Gasteiger partial charge in [0.25, 0.3) is 5.91 Å². The molecule has 1 heterocycles. The summed E-state index contributed by atoms with van der Waals surface area (Å²) >= 11 is 3.24. The predicted molar refractivity (Wildman–Crippen MR) is 98.5 cm³/mol. The molecule has 0 saturated heterocycles. The first-order valence-corrected chi connectivity index (χ1v) is 8.69. The minimum atomic E-state index is -0.382. The Hall–Kier alpha value is -1.99. The van der Waals surface area contributed by atoms with Crippen LogP contribution in [0.5, 0.6) is 11.6 Å². The normalized spacial score (nSPS) is 12.1. The lowest BCUT2D eigenvalue weighted by molar-refractivity contribution is 0.0933. The molecule has 0 aliphatic carbocycles. The Morgan fingerprint density at radius 1 is 1.40 bits per heavy atom. The van der Waals surface area contributed by atoms with E-state index in [1.54, 1.807) is 18.3 Å². The largest absolute Gasteiger partial charge is 0.437 e. The van der Waals surface area contributed by atoms with Crippen molar-refractivity contribution in [1.29, 1.82) is 0 Å². The molecule has 0 fully saturated rings. The van der Waals surface area contributed by atoms with E-state index in [9.17, 15) is 9.18 Å². The number of halogens is 2. The van der Waals surface area contributed by atoms with E-state index in [4.69, 9.17) is 4.74 Å². The van der Waals surface area contributed by atoms with Crippen molar-refractivity contribution in [1.82, 2.24) is 15.2 Å². The average molecular weight is 410 g/mol. The number of pyridine rings is 1. The van der Waals surface area contributed by atoms with Gasteiger partial charge in [-0.1, -0.05) is 0 Å². The van der Waals surface area contributed by atoms with E-state index >= 15 is 0 Å². The zero-order chi connectivity index (χ0) is 18.4. The summed E-state index contributed by atoms with van der Waals surface area (Å²) in [6.45, 7) is 2.83. The number of rotatable bonds is 7. The van der Waals surface area contributed by atoms with Crippen LogP contribution in [0, 0.1) is 5.82 Å². The average Bonchev–Trinajstić information content (AvgIpc) is 2.56. The molecule has 1 N–H and O–H groups in total. The van der Waals surface area contributed by atoms with E-state index in [1.807, 2.05) is 21.0 Å². The second-order valence-corrected chi connectivity index (χ2v) is 6.85. The van der Waals surface area contributed by atoms with Crippen molar-refractivity contribution in [3.05, 3.63) is 52.4 Å². The van der Waals surface area contributed by atoms with E-state index in [2.05, 4.69) is 31.1 Å². The summed E-state index contributed by atoms with van der Waals surface area (Å²) in [7, 11) is 3.98. The van der Waals surface area contributed by atoms with Crippen LogP contribution in [-0.2, 0) is 0 Å². The van der Waals surface area contributed by atoms with Gasteiger partial charge in [-0.15, -0.1) is 0 Å². The number of ether oxygens (including phenoxy) is 1. The molecule has 7 heteroatoms. The number of nitrogens with one attached hydrogen (secondary N) is 1. The quantitative estimate of drug-likeness (QED) is 0.754. The smallest absolute Gasteiger partial charge is 0.256 e. The number of carbonyl (C=O) groups is 1. The molecule has 1 aromatic carbocycles. The molecule has 5 nitrogen and oxygen atoms in total. The third-order valence-corrected chi connectivity index (χ3v) is 4.12. The number of aromatic nitrogens is 1. The zero-order valence-electron chi connectivity index (χ0n) is 14.4. The molecule has 1 atom stereocenters. The van der Waals surface area contributed by atoms with Crippen LogP contribution in [0.15, 0.2) is 41.0 Å². The Balaban J connectivity index is 2.13. The molecule has 2 rings (SSSR count). The molecule has 0 aliphatic heterocycles. The maximum absolute atomic E-state index is 13.2. The van der Waals surface area contributed by atoms with Crippen molar-refractivity contribution in [2.75, 3.05) is 20.6 Å². The fourth-order valence-electron chi connectivity index (χ4n) is 2.13. The first-order chi connectivity index (χ1) is 11.9. The number of hydrogen-bond donors (Lipinski definition) is 1. The highest BCUT2D eigenvalue weighted by Crippen LogP contribution is 2.30. The summed E-state index contributed by atoms with van der Waals surface area (Å²) in [6, 6.07) is 7.39. The summed E-state index contributed by atoms with van der Waals surface area (Å²) in [4.78, 5) is 18.7. The van der Waals surface area contributed by atoms with E-state index in [-0.39, 0.29) is 23.6 Å². The number of hydrogen-bond acceptors (Lipinski definition) is 4. The lowest BCUT2D eigenvalue weighted by atomic mass is 10.2. The Kier molecular flexibility index (Phi) is 6.90. The maximum atomic E-state index is 13.2. The van der Waals surface area contributed by atoms with Gasteiger partial charge in [-0.2, -0.15) is 0 Å². The number of carbonyl (C=O) groups excluding carboxylic acids is 1. The minimum absolute atomic E-state index is 0.0144. The Labute approximate surface area is 155 Å². The summed E-state index contributed by atoms with van der Waals surface area (Å²) in [6.07, 6.45) is 2.37. The van der Waals surface area contributed by atoms with E-state index < -0.39 is 0 Å². The van der Waals surface area contributed by atoms with Gasteiger partial charge in [0.05, 0.1) is 4.47 Å². The van der Waals surface area contributed by atoms with Gasteiger partial charge in [-0.3, -0.25) is 4.79 Å². The second kappa shape index (κ2) is 8.92. The Morgan fingerprint density at radius 2 is 2.16 bits per heavy atom. The fraction of sp³-hybridized carbons (Fsp3) is 0.333. The van der Waals surface area contributed by atoms with Crippen molar-refractivity contribution in [2.45, 2.75) is 19.4 Å². The molecule has 0 saturated carbocycles. The lowest BCUT2D eigenvalue weighted by Gasteiger charge is -2.17. The highest BCUT2D eigenvalue weighted by molar-refractivity contribution is 9.10. The zero-order valence-corrected chi connectivity index (χ0v) is 16.0. The molecule has 2 aromatic rings. The van der Waals surface area contributed by atoms with Gasteiger partial charge in [0.1, 0.15) is 17.1 Å². The summed E-state index contributed by atoms with van der Waals surface area (Å²) < 4.78 is 19.3. The first-order valence-electron chi connectivity index (χ1n) is 7.90. The predicted octanol–water partition coefficient (Wildman–Crippen LogP) is 3.85. The van der Waals surface area contributed by atoms with Crippen LogP contribution in [0.1, 0.15) is 23.7 Å². The van der Waals surface area contributed by atoms with Gasteiger partial charge in [0.15, 0.2) is 0 Å². The third kappa shape index (κ3) is 5.79. The molecule has 0 bridgehead atoms. The molecule has 25 heavy (non-hydrogen) atoms. The summed E-state index contributed by atoms with van der Waals surface area (Å²) in [5.74, 6) is -0.0811. The van der Waals surface area contributed by atoms with Gasteiger partial charge >= 0.3 is 0 Å². The highest BCUT2D eigenvalue weighted by Gasteiger charge is 2.17. The van der Waals surface area contributed by atoms with E-state index in [0.29, 0.717) is 15.8 Å². The van der Waals surface area contributed by atoms with Crippen molar-refractivity contribution in [3.8, 4) is 11.6 Å². The van der Waals surface area contributed by atoms with Crippen LogP contribution < -0.4 is 10.1 Å². The SMILES string of the molecule is CC(CCN(C)C)NC(=O)c1cccnc1Oc1ccc(F)cc1Br. The molecule has 134 valence electrons. The van der Waals surface area contributed by atoms with Gasteiger partial charge < -0.3 is 15.0 Å². The molecule has 1 unspecified atom stereocenters. The molecule has 1 amide bonds. The van der Waals surface area contributed by atoms with Crippen LogP contribution >= 0.6 is 15.9 Å². The molecular weight excluding hydrogens is 389 g/mol. The van der Waals surface area contributed by atoms with Crippen molar-refractivity contribution in [3.63, 3.8) is 0 Å². The van der Waals surface area contributed by atoms with Crippen LogP contribution in [0.2, 0.25) is 0 Å². The fourth-order valence-corrected chi connectivity index (χ4v) is 2.56. The number of nitrogens with zero attached hydrogens (tertiary/aromatic N) is 2. The Morgan fingerprint density at radius 3 is 2.84 bits per heavy atom. The van der Waals surface area contributed by atoms with Gasteiger partial charge in [0, 0.05) is 12.2 Å². The minimum Gasteiger partial charge on any atom is -0.437 e. The van der Waals surface area contributed by atoms with Crippen molar-refractivity contribution < 1.29 is 13.9 Å². The highest BCUT2D eigenvalue weighted by atomic mass is 79.9. The van der Waals surface area contributed by atoms with Crippen molar-refractivity contribution in [2.24, 2.45) is 0 Å². The topological polar surface area (TPSA) is 54.5 Å². The molecule has 0 aliphatic rings. The summed E-state index contributed by atoms with van der Waals surface area (Å²) in [5.41, 5.74) is 0.329. The van der Waals surface area contributed by atoms with Crippen LogP contribution in [-0.4, -0.2) is 42.5 Å². The van der Waals surface area contributed by atoms with Gasteiger partial charge in [0.2, 0.25) is 5.88 Å². The standard InChI is InChI=1S/C18H21BrFN3O2/c1-12(8-10-23(2)3)22-17(24)14-5-4-9-21-18(14)25-16-7-6-13(20)11-15(16)19/h4-7,9,11-12H,8,10H2,1-3H3,(H,22,24). The molecule has 1 aromatic heterocycles. The van der Waals surface area contributed by atoms with Crippen LogP contribution in [0.4, 0.5) is 4.39 Å². The van der Waals surface area contributed by atoms with Crippen LogP contribution in [0.3, 0.4) is 0 Å².